The van der Waals surface area contributed by atoms with Crippen molar-refractivity contribution < 1.29 is 14.3 Å². The van der Waals surface area contributed by atoms with Gasteiger partial charge in [0.2, 0.25) is 0 Å². The van der Waals surface area contributed by atoms with Crippen LogP contribution in [0, 0.1) is 5.92 Å². The van der Waals surface area contributed by atoms with Crippen molar-refractivity contribution in [1.29, 1.82) is 0 Å². The highest BCUT2D eigenvalue weighted by molar-refractivity contribution is 8.03. The summed E-state index contributed by atoms with van der Waals surface area (Å²) in [5.74, 6) is 0.354. The van der Waals surface area contributed by atoms with Crippen molar-refractivity contribution in [3.8, 4) is 0 Å². The van der Waals surface area contributed by atoms with E-state index >= 15 is 0 Å². The Bertz CT molecular complexity index is 572. The Labute approximate surface area is 146 Å². The summed E-state index contributed by atoms with van der Waals surface area (Å²) < 4.78 is 5.40. The highest BCUT2D eigenvalue weighted by Crippen LogP contribution is 2.24. The van der Waals surface area contributed by atoms with Gasteiger partial charge in [0.25, 0.3) is 5.91 Å². The number of carbonyl (C=O) groups excluding carboxylic acids is 2. The molecule has 130 valence electrons. The molecular formula is C17H23N3O3S. The zero-order valence-corrected chi connectivity index (χ0v) is 14.4. The van der Waals surface area contributed by atoms with Crippen molar-refractivity contribution in [2.24, 2.45) is 5.92 Å². The fourth-order valence-corrected chi connectivity index (χ4v) is 3.73. The molecule has 0 bridgehead atoms. The maximum absolute atomic E-state index is 12.1. The second-order valence-corrected chi connectivity index (χ2v) is 7.39. The van der Waals surface area contributed by atoms with Crippen molar-refractivity contribution in [3.05, 3.63) is 35.5 Å². The number of nitrogens with zero attached hydrogens (tertiary/aromatic N) is 1. The number of rotatable bonds is 5. The molecule has 24 heavy (non-hydrogen) atoms. The molecule has 0 spiro atoms. The van der Waals surface area contributed by atoms with E-state index in [1.54, 1.807) is 35.1 Å². The normalized spacial score (nSPS) is 21.0. The van der Waals surface area contributed by atoms with Gasteiger partial charge in [-0.25, -0.2) is 4.79 Å². The molecule has 3 rings (SSSR count). The SMILES string of the molecule is O=C(NCC1CCN(C(=O)OCC2CC=CS2)CC1)c1cc[nH]c1. The van der Waals surface area contributed by atoms with E-state index in [0.29, 0.717) is 43.0 Å². The van der Waals surface area contributed by atoms with Crippen LogP contribution in [-0.2, 0) is 4.74 Å². The van der Waals surface area contributed by atoms with Crippen LogP contribution in [0.5, 0.6) is 0 Å². The van der Waals surface area contributed by atoms with Crippen LogP contribution in [0.15, 0.2) is 29.9 Å². The molecular weight excluding hydrogens is 326 g/mol. The van der Waals surface area contributed by atoms with Crippen LogP contribution in [0.25, 0.3) is 0 Å². The lowest BCUT2D eigenvalue weighted by Crippen LogP contribution is -2.42. The molecule has 0 aliphatic carbocycles. The third-order valence-corrected chi connectivity index (χ3v) is 5.51. The lowest BCUT2D eigenvalue weighted by atomic mass is 9.97. The van der Waals surface area contributed by atoms with Crippen LogP contribution in [0.2, 0.25) is 0 Å². The van der Waals surface area contributed by atoms with Gasteiger partial charge < -0.3 is 19.9 Å². The van der Waals surface area contributed by atoms with Crippen molar-refractivity contribution in [3.63, 3.8) is 0 Å². The van der Waals surface area contributed by atoms with Crippen LogP contribution in [0.1, 0.15) is 29.6 Å². The third kappa shape index (κ3) is 4.56. The predicted octanol–water partition coefficient (Wildman–Crippen LogP) is 2.61. The monoisotopic (exact) mass is 349 g/mol. The van der Waals surface area contributed by atoms with E-state index in [2.05, 4.69) is 21.8 Å². The maximum Gasteiger partial charge on any atom is 0.409 e. The van der Waals surface area contributed by atoms with Crippen molar-refractivity contribution in [2.45, 2.75) is 24.5 Å². The fraction of sp³-hybridized carbons (Fsp3) is 0.529. The van der Waals surface area contributed by atoms with E-state index in [0.717, 1.165) is 19.3 Å². The summed E-state index contributed by atoms with van der Waals surface area (Å²) in [5.41, 5.74) is 0.648. The summed E-state index contributed by atoms with van der Waals surface area (Å²) in [5, 5.41) is 5.39. The number of ether oxygens (including phenoxy) is 1. The Hall–Kier alpha value is -1.89. The van der Waals surface area contributed by atoms with Gasteiger partial charge in [-0.1, -0.05) is 6.08 Å². The second kappa shape index (κ2) is 8.28. The van der Waals surface area contributed by atoms with Gasteiger partial charge in [-0.3, -0.25) is 4.79 Å². The molecule has 1 aromatic rings. The van der Waals surface area contributed by atoms with Crippen LogP contribution >= 0.6 is 11.8 Å². The Kier molecular flexibility index (Phi) is 5.85. The van der Waals surface area contributed by atoms with Gasteiger partial charge in [-0.2, -0.15) is 0 Å². The van der Waals surface area contributed by atoms with Crippen LogP contribution in [0.4, 0.5) is 4.79 Å². The summed E-state index contributed by atoms with van der Waals surface area (Å²) in [6, 6.07) is 1.76. The molecule has 7 heteroatoms. The van der Waals surface area contributed by atoms with E-state index < -0.39 is 0 Å². The van der Waals surface area contributed by atoms with E-state index in [1.807, 2.05) is 0 Å². The minimum Gasteiger partial charge on any atom is -0.448 e. The molecule has 2 N–H and O–H groups in total. The number of hydrogen-bond acceptors (Lipinski definition) is 4. The molecule has 1 aromatic heterocycles. The molecule has 1 unspecified atom stereocenters. The Balaban J connectivity index is 1.33. The first-order valence-corrected chi connectivity index (χ1v) is 9.30. The second-order valence-electron chi connectivity index (χ2n) is 6.18. The van der Waals surface area contributed by atoms with Gasteiger partial charge in [0.1, 0.15) is 6.61 Å². The van der Waals surface area contributed by atoms with Gasteiger partial charge >= 0.3 is 6.09 Å². The third-order valence-electron chi connectivity index (χ3n) is 4.44. The molecule has 1 saturated heterocycles. The quantitative estimate of drug-likeness (QED) is 0.857. The number of hydrogen-bond donors (Lipinski definition) is 2. The minimum atomic E-state index is -0.211. The van der Waals surface area contributed by atoms with Gasteiger partial charge in [0, 0.05) is 37.3 Å². The lowest BCUT2D eigenvalue weighted by Gasteiger charge is -2.31. The number of aromatic nitrogens is 1. The molecule has 6 nitrogen and oxygen atoms in total. The average molecular weight is 349 g/mol. The molecule has 2 amide bonds. The number of H-pyrrole nitrogens is 1. The number of likely N-dealkylation sites (tertiary alicyclic amines) is 1. The molecule has 1 atom stereocenters. The zero-order valence-electron chi connectivity index (χ0n) is 13.6. The zero-order chi connectivity index (χ0) is 16.8. The average Bonchev–Trinajstić information content (AvgIpc) is 3.31. The molecule has 1 fully saturated rings. The Morgan fingerprint density at radius 1 is 1.38 bits per heavy atom. The molecule has 0 radical (unpaired) electrons. The van der Waals surface area contributed by atoms with Crippen LogP contribution in [0.3, 0.4) is 0 Å². The number of allylic oxidation sites excluding steroid dienone is 1. The van der Waals surface area contributed by atoms with E-state index in [-0.39, 0.29) is 12.0 Å². The van der Waals surface area contributed by atoms with E-state index in [9.17, 15) is 9.59 Å². The first-order valence-electron chi connectivity index (χ1n) is 8.35. The number of thioether (sulfide) groups is 1. The summed E-state index contributed by atoms with van der Waals surface area (Å²) in [6.07, 6.45) is 8.07. The number of piperidine rings is 1. The fourth-order valence-electron chi connectivity index (χ4n) is 2.92. The highest BCUT2D eigenvalue weighted by atomic mass is 32.2. The van der Waals surface area contributed by atoms with Crippen molar-refractivity contribution >= 4 is 23.8 Å². The maximum atomic E-state index is 12.1. The van der Waals surface area contributed by atoms with Crippen LogP contribution < -0.4 is 5.32 Å². The summed E-state index contributed by atoms with van der Waals surface area (Å²) in [6.45, 7) is 2.51. The highest BCUT2D eigenvalue weighted by Gasteiger charge is 2.25. The largest absolute Gasteiger partial charge is 0.448 e. The van der Waals surface area contributed by atoms with Crippen molar-refractivity contribution in [2.75, 3.05) is 26.2 Å². The molecule has 0 saturated carbocycles. The van der Waals surface area contributed by atoms with E-state index in [1.165, 1.54) is 0 Å². The van der Waals surface area contributed by atoms with Gasteiger partial charge in [-0.05, 0) is 36.7 Å². The Morgan fingerprint density at radius 3 is 2.88 bits per heavy atom. The summed E-state index contributed by atoms with van der Waals surface area (Å²) in [4.78, 5) is 28.6. The number of amides is 2. The minimum absolute atomic E-state index is 0.0548. The van der Waals surface area contributed by atoms with Gasteiger partial charge in [0.15, 0.2) is 0 Å². The molecule has 0 aromatic carbocycles. The van der Waals surface area contributed by atoms with Crippen LogP contribution in [-0.4, -0.2) is 53.4 Å². The lowest BCUT2D eigenvalue weighted by molar-refractivity contribution is 0.0846. The number of carbonyl (C=O) groups is 2. The molecule has 2 aliphatic heterocycles. The summed E-state index contributed by atoms with van der Waals surface area (Å²) in [7, 11) is 0. The topological polar surface area (TPSA) is 74.4 Å². The van der Waals surface area contributed by atoms with Gasteiger partial charge in [0.05, 0.1) is 5.56 Å². The first kappa shape index (κ1) is 17.0. The number of aromatic amines is 1. The smallest absolute Gasteiger partial charge is 0.409 e. The van der Waals surface area contributed by atoms with E-state index in [4.69, 9.17) is 4.74 Å². The number of nitrogens with one attached hydrogen (secondary N) is 2. The molecule has 2 aliphatic rings. The summed E-state index contributed by atoms with van der Waals surface area (Å²) >= 11 is 1.72. The standard InChI is InChI=1S/C17H23N3O3S/c21-16(14-3-6-18-11-14)19-10-13-4-7-20(8-5-13)17(22)23-12-15-2-1-9-24-15/h1,3,6,9,11,13,15,18H,2,4-5,7-8,10,12H2,(H,19,21). The van der Waals surface area contributed by atoms with Crippen molar-refractivity contribution in [1.82, 2.24) is 15.2 Å². The first-order chi connectivity index (χ1) is 11.7. The van der Waals surface area contributed by atoms with Gasteiger partial charge in [-0.15, -0.1) is 11.8 Å². The Morgan fingerprint density at radius 2 is 2.21 bits per heavy atom. The molecule has 3 heterocycles. The predicted molar refractivity (Wildman–Crippen MR) is 93.9 cm³/mol.